The smallest absolute Gasteiger partial charge is 0.332 e. The molecule has 2 heterocycles. The molecule has 1 N–H and O–H groups in total. The van der Waals surface area contributed by atoms with Crippen molar-refractivity contribution in [3.05, 3.63) is 54.1 Å². The van der Waals surface area contributed by atoms with Crippen molar-refractivity contribution < 1.29 is 23.9 Å². The van der Waals surface area contributed by atoms with Crippen LogP contribution < -0.4 is 19.7 Å². The van der Waals surface area contributed by atoms with E-state index in [-0.39, 0.29) is 30.4 Å². The number of benzene rings is 2. The highest BCUT2D eigenvalue weighted by molar-refractivity contribution is 6.19. The standard InChI is InChI=1S/C26H32N4O5/c1-34-22-9-8-19(16-23(22)35-2)10-13-27-24(31)17-28-14-11-20(12-15-28)29-18-25(32)30(26(29)33)21-6-4-3-5-7-21/h3-9,16,20H,10-15,17-18H2,1-2H3,(H,27,31). The van der Waals surface area contributed by atoms with Gasteiger partial charge in [0.1, 0.15) is 6.54 Å². The van der Waals surface area contributed by atoms with E-state index in [0.29, 0.717) is 49.8 Å². The summed E-state index contributed by atoms with van der Waals surface area (Å²) in [5.74, 6) is 1.13. The second-order valence-electron chi connectivity index (χ2n) is 8.77. The zero-order chi connectivity index (χ0) is 24.8. The fraction of sp³-hybridized carbons (Fsp3) is 0.423. The molecular weight excluding hydrogens is 448 g/mol. The van der Waals surface area contributed by atoms with Crippen molar-refractivity contribution in [1.29, 1.82) is 0 Å². The molecule has 2 aromatic rings. The van der Waals surface area contributed by atoms with Gasteiger partial charge in [-0.25, -0.2) is 9.69 Å². The van der Waals surface area contributed by atoms with Crippen molar-refractivity contribution in [2.45, 2.75) is 25.3 Å². The molecule has 2 aliphatic rings. The molecule has 0 radical (unpaired) electrons. The molecule has 4 amide bonds. The molecule has 4 rings (SSSR count). The van der Waals surface area contributed by atoms with Gasteiger partial charge in [-0.2, -0.15) is 0 Å². The number of imide groups is 1. The Bertz CT molecular complexity index is 1050. The van der Waals surface area contributed by atoms with Gasteiger partial charge >= 0.3 is 6.03 Å². The Kier molecular flexibility index (Phi) is 7.87. The number of para-hydroxylation sites is 1. The van der Waals surface area contributed by atoms with Gasteiger partial charge in [-0.3, -0.25) is 14.5 Å². The lowest BCUT2D eigenvalue weighted by Crippen LogP contribution is -2.48. The van der Waals surface area contributed by atoms with E-state index in [4.69, 9.17) is 9.47 Å². The van der Waals surface area contributed by atoms with E-state index >= 15 is 0 Å². The Morgan fingerprint density at radius 3 is 2.40 bits per heavy atom. The van der Waals surface area contributed by atoms with Gasteiger partial charge in [-0.05, 0) is 49.1 Å². The van der Waals surface area contributed by atoms with E-state index < -0.39 is 0 Å². The highest BCUT2D eigenvalue weighted by atomic mass is 16.5. The third-order valence-corrected chi connectivity index (χ3v) is 6.56. The molecule has 0 bridgehead atoms. The Balaban J connectivity index is 1.20. The number of piperidine rings is 1. The average molecular weight is 481 g/mol. The van der Waals surface area contributed by atoms with Crippen LogP contribution in [-0.4, -0.2) is 80.6 Å². The van der Waals surface area contributed by atoms with Crippen LogP contribution >= 0.6 is 0 Å². The fourth-order valence-corrected chi connectivity index (χ4v) is 4.67. The van der Waals surface area contributed by atoms with Crippen molar-refractivity contribution >= 4 is 23.5 Å². The highest BCUT2D eigenvalue weighted by Gasteiger charge is 2.41. The van der Waals surface area contributed by atoms with Crippen molar-refractivity contribution in [1.82, 2.24) is 15.1 Å². The zero-order valence-corrected chi connectivity index (χ0v) is 20.2. The fourth-order valence-electron chi connectivity index (χ4n) is 4.67. The number of hydrogen-bond acceptors (Lipinski definition) is 6. The monoisotopic (exact) mass is 480 g/mol. The van der Waals surface area contributed by atoms with Gasteiger partial charge in [0.25, 0.3) is 5.91 Å². The second kappa shape index (κ2) is 11.2. The van der Waals surface area contributed by atoms with Crippen LogP contribution in [0.4, 0.5) is 10.5 Å². The van der Waals surface area contributed by atoms with E-state index in [9.17, 15) is 14.4 Å². The van der Waals surface area contributed by atoms with Crippen molar-refractivity contribution in [2.75, 3.05) is 51.8 Å². The number of carbonyl (C=O) groups is 3. The van der Waals surface area contributed by atoms with Crippen molar-refractivity contribution in [3.8, 4) is 11.5 Å². The summed E-state index contributed by atoms with van der Waals surface area (Å²) in [6.45, 7) is 2.37. The van der Waals surface area contributed by atoms with Crippen LogP contribution in [0.5, 0.6) is 11.5 Å². The number of carbonyl (C=O) groups excluding carboxylic acids is 3. The molecule has 0 atom stereocenters. The van der Waals surface area contributed by atoms with Crippen LogP contribution in [0.25, 0.3) is 0 Å². The summed E-state index contributed by atoms with van der Waals surface area (Å²) >= 11 is 0. The Labute approximate surface area is 205 Å². The second-order valence-corrected chi connectivity index (χ2v) is 8.77. The van der Waals surface area contributed by atoms with E-state index in [1.807, 2.05) is 36.4 Å². The largest absolute Gasteiger partial charge is 0.493 e. The molecule has 2 aromatic carbocycles. The van der Waals surface area contributed by atoms with Crippen LogP contribution in [0.15, 0.2) is 48.5 Å². The summed E-state index contributed by atoms with van der Waals surface area (Å²) in [6, 6.07) is 14.5. The van der Waals surface area contributed by atoms with Crippen LogP contribution in [-0.2, 0) is 16.0 Å². The van der Waals surface area contributed by atoms with Crippen molar-refractivity contribution in [2.24, 2.45) is 0 Å². The van der Waals surface area contributed by atoms with Gasteiger partial charge in [0.15, 0.2) is 11.5 Å². The molecule has 2 saturated heterocycles. The summed E-state index contributed by atoms with van der Waals surface area (Å²) < 4.78 is 10.6. The molecule has 2 fully saturated rings. The highest BCUT2D eigenvalue weighted by Crippen LogP contribution is 2.28. The van der Waals surface area contributed by atoms with Gasteiger partial charge in [0, 0.05) is 25.7 Å². The predicted molar refractivity (Wildman–Crippen MR) is 132 cm³/mol. The van der Waals surface area contributed by atoms with Crippen molar-refractivity contribution in [3.63, 3.8) is 0 Å². The molecule has 0 unspecified atom stereocenters. The van der Waals surface area contributed by atoms with Crippen LogP contribution in [0, 0.1) is 0 Å². The Morgan fingerprint density at radius 1 is 1.00 bits per heavy atom. The first-order valence-electron chi connectivity index (χ1n) is 11.9. The lowest BCUT2D eigenvalue weighted by atomic mass is 10.0. The molecule has 9 heteroatoms. The van der Waals surface area contributed by atoms with Crippen LogP contribution in [0.2, 0.25) is 0 Å². The lowest BCUT2D eigenvalue weighted by Gasteiger charge is -2.35. The van der Waals surface area contributed by atoms with Gasteiger partial charge in [-0.15, -0.1) is 0 Å². The maximum Gasteiger partial charge on any atom is 0.332 e. The Morgan fingerprint density at radius 2 is 1.71 bits per heavy atom. The quantitative estimate of drug-likeness (QED) is 0.554. The SMILES string of the molecule is COc1ccc(CCNC(=O)CN2CCC(N3CC(=O)N(c4ccccc4)C3=O)CC2)cc1OC. The predicted octanol–water partition coefficient (Wildman–Crippen LogP) is 2.30. The topological polar surface area (TPSA) is 91.4 Å². The molecule has 0 aromatic heterocycles. The number of hydrogen-bond donors (Lipinski definition) is 1. The number of urea groups is 1. The molecular formula is C26H32N4O5. The van der Waals surface area contributed by atoms with Crippen LogP contribution in [0.1, 0.15) is 18.4 Å². The number of rotatable bonds is 9. The normalized spacial score (nSPS) is 17.1. The summed E-state index contributed by atoms with van der Waals surface area (Å²) in [5.41, 5.74) is 1.66. The number of anilines is 1. The first-order valence-corrected chi connectivity index (χ1v) is 11.9. The summed E-state index contributed by atoms with van der Waals surface area (Å²) in [5, 5.41) is 2.98. The molecule has 0 saturated carbocycles. The number of methoxy groups -OCH3 is 2. The van der Waals surface area contributed by atoms with E-state index in [2.05, 4.69) is 10.2 Å². The third-order valence-electron chi connectivity index (χ3n) is 6.56. The van der Waals surface area contributed by atoms with E-state index in [0.717, 1.165) is 18.4 Å². The minimum absolute atomic E-state index is 0.00419. The summed E-state index contributed by atoms with van der Waals surface area (Å²) in [7, 11) is 3.20. The third kappa shape index (κ3) is 5.74. The minimum atomic E-state index is -0.257. The zero-order valence-electron chi connectivity index (χ0n) is 20.2. The van der Waals surface area contributed by atoms with Gasteiger partial charge in [-0.1, -0.05) is 24.3 Å². The van der Waals surface area contributed by atoms with Gasteiger partial charge < -0.3 is 19.7 Å². The number of likely N-dealkylation sites (tertiary alicyclic amines) is 1. The van der Waals surface area contributed by atoms with E-state index in [1.165, 1.54) is 4.90 Å². The van der Waals surface area contributed by atoms with Gasteiger partial charge in [0.2, 0.25) is 5.91 Å². The molecule has 9 nitrogen and oxygen atoms in total. The minimum Gasteiger partial charge on any atom is -0.493 e. The number of nitrogens with zero attached hydrogens (tertiary/aromatic N) is 3. The average Bonchev–Trinajstić information content (AvgIpc) is 3.18. The van der Waals surface area contributed by atoms with E-state index in [1.54, 1.807) is 31.3 Å². The molecule has 0 spiro atoms. The first-order chi connectivity index (χ1) is 17.0. The molecule has 35 heavy (non-hydrogen) atoms. The molecule has 0 aliphatic carbocycles. The Hall–Kier alpha value is -3.59. The number of nitrogens with one attached hydrogen (secondary N) is 1. The maximum absolute atomic E-state index is 12.9. The number of amides is 4. The molecule has 2 aliphatic heterocycles. The first kappa shape index (κ1) is 24.5. The van der Waals surface area contributed by atoms with Crippen LogP contribution in [0.3, 0.4) is 0 Å². The summed E-state index contributed by atoms with van der Waals surface area (Å²) in [6.07, 6.45) is 2.17. The lowest BCUT2D eigenvalue weighted by molar-refractivity contribution is -0.122. The number of ether oxygens (including phenoxy) is 2. The van der Waals surface area contributed by atoms with Gasteiger partial charge in [0.05, 0.1) is 26.5 Å². The maximum atomic E-state index is 12.9. The molecule has 186 valence electrons. The summed E-state index contributed by atoms with van der Waals surface area (Å²) in [4.78, 5) is 42.9.